The third kappa shape index (κ3) is 2.29. The average molecular weight is 249 g/mol. The van der Waals surface area contributed by atoms with Crippen LogP contribution in [0.15, 0.2) is 18.3 Å². The molecule has 3 heteroatoms. The molecule has 2 rings (SSSR count). The predicted molar refractivity (Wildman–Crippen MR) is 71.6 cm³/mol. The molecule has 1 heterocycles. The van der Waals surface area contributed by atoms with Crippen molar-refractivity contribution in [1.29, 1.82) is 0 Å². The van der Waals surface area contributed by atoms with E-state index < -0.39 is 5.60 Å². The van der Waals surface area contributed by atoms with Gasteiger partial charge in [0.25, 0.3) is 0 Å². The first-order chi connectivity index (χ1) is 8.59. The highest BCUT2D eigenvalue weighted by atomic mass is 16.5. The Morgan fingerprint density at radius 2 is 2.33 bits per heavy atom. The summed E-state index contributed by atoms with van der Waals surface area (Å²) in [7, 11) is 1.65. The lowest BCUT2D eigenvalue weighted by Gasteiger charge is -2.41. The van der Waals surface area contributed by atoms with Gasteiger partial charge in [-0.3, -0.25) is 4.98 Å². The van der Waals surface area contributed by atoms with Gasteiger partial charge in [0.2, 0.25) is 0 Å². The molecule has 1 aliphatic carbocycles. The second-order valence-corrected chi connectivity index (χ2v) is 5.57. The van der Waals surface area contributed by atoms with Crippen LogP contribution in [-0.2, 0) is 11.2 Å². The van der Waals surface area contributed by atoms with Crippen LogP contribution in [0.1, 0.15) is 43.9 Å². The molecule has 1 aromatic heterocycles. The first kappa shape index (κ1) is 13.5. The van der Waals surface area contributed by atoms with Crippen LogP contribution in [-0.4, -0.2) is 29.4 Å². The maximum atomic E-state index is 11.0. The van der Waals surface area contributed by atoms with Crippen molar-refractivity contribution in [2.45, 2.75) is 44.6 Å². The number of hydrogen-bond acceptors (Lipinski definition) is 3. The lowest BCUT2D eigenvalue weighted by atomic mass is 9.71. The molecule has 0 bridgehead atoms. The quantitative estimate of drug-likeness (QED) is 0.891. The molecular formula is C15H23NO2. The molecular weight excluding hydrogens is 226 g/mol. The van der Waals surface area contributed by atoms with Gasteiger partial charge in [-0.05, 0) is 36.8 Å². The average Bonchev–Trinajstić information content (AvgIpc) is 2.38. The van der Waals surface area contributed by atoms with Crippen LogP contribution in [0.2, 0.25) is 0 Å². The summed E-state index contributed by atoms with van der Waals surface area (Å²) in [5.74, 6) is 0.234. The lowest BCUT2D eigenvalue weighted by molar-refractivity contribution is -0.0880. The van der Waals surface area contributed by atoms with Gasteiger partial charge in [-0.2, -0.15) is 0 Å². The molecule has 100 valence electrons. The number of pyridine rings is 1. The molecule has 1 N–H and O–H groups in total. The van der Waals surface area contributed by atoms with Crippen molar-refractivity contribution >= 4 is 0 Å². The predicted octanol–water partition coefficient (Wildman–Crippen LogP) is 2.54. The number of nitrogens with zero attached hydrogens (tertiary/aromatic N) is 1. The van der Waals surface area contributed by atoms with Gasteiger partial charge in [0.1, 0.15) is 0 Å². The zero-order chi connectivity index (χ0) is 13.2. The van der Waals surface area contributed by atoms with E-state index in [1.54, 1.807) is 7.11 Å². The van der Waals surface area contributed by atoms with Gasteiger partial charge < -0.3 is 9.84 Å². The van der Waals surface area contributed by atoms with Gasteiger partial charge in [-0.1, -0.05) is 19.9 Å². The molecule has 0 amide bonds. The number of methoxy groups -OCH3 is 1. The number of aliphatic hydroxyl groups is 1. The van der Waals surface area contributed by atoms with E-state index in [0.29, 0.717) is 6.61 Å². The maximum absolute atomic E-state index is 11.0. The van der Waals surface area contributed by atoms with Gasteiger partial charge in [-0.25, -0.2) is 0 Å². The maximum Gasteiger partial charge on any atom is 0.0985 e. The van der Waals surface area contributed by atoms with Crippen LogP contribution in [0.25, 0.3) is 0 Å². The first-order valence-corrected chi connectivity index (χ1v) is 6.74. The van der Waals surface area contributed by atoms with Crippen molar-refractivity contribution in [3.63, 3.8) is 0 Å². The zero-order valence-electron chi connectivity index (χ0n) is 11.5. The molecule has 18 heavy (non-hydrogen) atoms. The summed E-state index contributed by atoms with van der Waals surface area (Å²) in [5, 5.41) is 11.0. The third-order valence-corrected chi connectivity index (χ3v) is 4.17. The third-order valence-electron chi connectivity index (χ3n) is 4.17. The number of ether oxygens (including phenoxy) is 1. The van der Waals surface area contributed by atoms with Crippen molar-refractivity contribution in [2.75, 3.05) is 13.7 Å². The molecule has 0 spiro atoms. The Kier molecular flexibility index (Phi) is 4.03. The summed E-state index contributed by atoms with van der Waals surface area (Å²) in [6.45, 7) is 4.47. The van der Waals surface area contributed by atoms with E-state index in [4.69, 9.17) is 4.74 Å². The second kappa shape index (κ2) is 5.37. The Balaban J connectivity index is 2.38. The topological polar surface area (TPSA) is 42.4 Å². The molecule has 2 unspecified atom stereocenters. The highest BCUT2D eigenvalue weighted by molar-refractivity contribution is 5.29. The fourth-order valence-electron chi connectivity index (χ4n) is 3.00. The van der Waals surface area contributed by atoms with E-state index in [2.05, 4.69) is 24.9 Å². The van der Waals surface area contributed by atoms with Crippen molar-refractivity contribution < 1.29 is 9.84 Å². The summed E-state index contributed by atoms with van der Waals surface area (Å²) in [5.41, 5.74) is 1.53. The summed E-state index contributed by atoms with van der Waals surface area (Å²) in [4.78, 5) is 4.52. The number of aryl methyl sites for hydroxylation is 1. The summed E-state index contributed by atoms with van der Waals surface area (Å²) in [6.07, 6.45) is 5.00. The largest absolute Gasteiger partial charge is 0.387 e. The molecule has 1 aromatic rings. The van der Waals surface area contributed by atoms with Gasteiger partial charge >= 0.3 is 0 Å². The van der Waals surface area contributed by atoms with E-state index in [-0.39, 0.29) is 11.8 Å². The standard InChI is InChI=1S/C15H23NO2/c1-11(2)15(17,10-18-3)13-8-4-6-12-7-5-9-16-14(12)13/h5,7,9,11,13,17H,4,6,8,10H2,1-3H3. The van der Waals surface area contributed by atoms with E-state index in [1.165, 1.54) is 5.56 Å². The summed E-state index contributed by atoms with van der Waals surface area (Å²) in [6, 6.07) is 4.11. The molecule has 2 atom stereocenters. The fraction of sp³-hybridized carbons (Fsp3) is 0.667. The Hall–Kier alpha value is -0.930. The normalized spacial score (nSPS) is 22.6. The van der Waals surface area contributed by atoms with Gasteiger partial charge in [-0.15, -0.1) is 0 Å². The Labute approximate surface area is 109 Å². The highest BCUT2D eigenvalue weighted by Crippen LogP contribution is 2.41. The molecule has 3 nitrogen and oxygen atoms in total. The van der Waals surface area contributed by atoms with Crippen LogP contribution < -0.4 is 0 Å². The van der Waals surface area contributed by atoms with Crippen LogP contribution in [0, 0.1) is 5.92 Å². The number of rotatable bonds is 4. The van der Waals surface area contributed by atoms with E-state index in [9.17, 15) is 5.11 Å². The van der Waals surface area contributed by atoms with Crippen LogP contribution >= 0.6 is 0 Å². The van der Waals surface area contributed by atoms with Gasteiger partial charge in [0.15, 0.2) is 0 Å². The fourth-order valence-corrected chi connectivity index (χ4v) is 3.00. The van der Waals surface area contributed by atoms with Gasteiger partial charge in [0.05, 0.1) is 12.2 Å². The zero-order valence-corrected chi connectivity index (χ0v) is 11.5. The minimum absolute atomic E-state index is 0.0856. The molecule has 0 fully saturated rings. The van der Waals surface area contributed by atoms with Gasteiger partial charge in [0, 0.05) is 24.9 Å². The van der Waals surface area contributed by atoms with Crippen LogP contribution in [0.4, 0.5) is 0 Å². The second-order valence-electron chi connectivity index (χ2n) is 5.57. The van der Waals surface area contributed by atoms with Crippen molar-refractivity contribution in [3.8, 4) is 0 Å². The molecule has 0 saturated heterocycles. The highest BCUT2D eigenvalue weighted by Gasteiger charge is 2.43. The Bertz CT molecular complexity index is 405. The minimum atomic E-state index is -0.821. The van der Waals surface area contributed by atoms with Crippen molar-refractivity contribution in [3.05, 3.63) is 29.6 Å². The monoisotopic (exact) mass is 249 g/mol. The molecule has 0 saturated carbocycles. The van der Waals surface area contributed by atoms with Crippen molar-refractivity contribution in [1.82, 2.24) is 4.98 Å². The molecule has 1 aliphatic rings. The Morgan fingerprint density at radius 1 is 1.56 bits per heavy atom. The molecule has 0 aliphatic heterocycles. The smallest absolute Gasteiger partial charge is 0.0985 e. The minimum Gasteiger partial charge on any atom is -0.387 e. The van der Waals surface area contributed by atoms with Crippen molar-refractivity contribution in [2.24, 2.45) is 5.92 Å². The summed E-state index contributed by atoms with van der Waals surface area (Å²) < 4.78 is 5.26. The van der Waals surface area contributed by atoms with E-state index in [0.717, 1.165) is 25.0 Å². The number of hydrogen-bond donors (Lipinski definition) is 1. The molecule has 0 radical (unpaired) electrons. The van der Waals surface area contributed by atoms with E-state index >= 15 is 0 Å². The summed E-state index contributed by atoms with van der Waals surface area (Å²) >= 11 is 0. The lowest BCUT2D eigenvalue weighted by Crippen LogP contribution is -2.47. The molecule has 0 aromatic carbocycles. The Morgan fingerprint density at radius 3 is 3.00 bits per heavy atom. The number of aromatic nitrogens is 1. The SMILES string of the molecule is COCC(O)(C(C)C)C1CCCc2cccnc21. The first-order valence-electron chi connectivity index (χ1n) is 6.74. The van der Waals surface area contributed by atoms with Crippen LogP contribution in [0.5, 0.6) is 0 Å². The number of fused-ring (bicyclic) bond motifs is 1. The van der Waals surface area contributed by atoms with E-state index in [1.807, 2.05) is 12.3 Å². The van der Waals surface area contributed by atoms with Crippen LogP contribution in [0.3, 0.4) is 0 Å².